The first-order valence-corrected chi connectivity index (χ1v) is 8.10. The maximum atomic E-state index is 12.5. The van der Waals surface area contributed by atoms with E-state index in [9.17, 15) is 13.6 Å². The maximum absolute atomic E-state index is 12.5. The van der Waals surface area contributed by atoms with Gasteiger partial charge in [-0.05, 0) is 37.5 Å². The van der Waals surface area contributed by atoms with Gasteiger partial charge in [-0.25, -0.2) is 0 Å². The fraction of sp³-hybridized carbons (Fsp3) is 0.588. The molecule has 0 spiro atoms. The van der Waals surface area contributed by atoms with E-state index >= 15 is 0 Å². The fourth-order valence-corrected chi connectivity index (χ4v) is 3.06. The topological polar surface area (TPSA) is 64.8 Å². The number of carbonyl (C=O) groups is 1. The molecule has 134 valence electrons. The number of benzene rings is 1. The van der Waals surface area contributed by atoms with Crippen molar-refractivity contribution in [1.82, 2.24) is 4.90 Å². The molecule has 24 heavy (non-hydrogen) atoms. The fourth-order valence-electron chi connectivity index (χ4n) is 3.06. The quantitative estimate of drug-likeness (QED) is 0.827. The second-order valence-corrected chi connectivity index (χ2v) is 6.12. The number of ether oxygens (including phenoxy) is 2. The Morgan fingerprint density at radius 2 is 2.00 bits per heavy atom. The normalized spacial score (nSPS) is 16.2. The third-order valence-corrected chi connectivity index (χ3v) is 4.21. The number of halogens is 2. The molecule has 0 bridgehead atoms. The van der Waals surface area contributed by atoms with Gasteiger partial charge >= 0.3 is 6.61 Å². The van der Waals surface area contributed by atoms with Crippen molar-refractivity contribution in [2.75, 3.05) is 13.7 Å². The molecule has 0 saturated heterocycles. The molecule has 0 aromatic heterocycles. The number of hydrogen-bond donors (Lipinski definition) is 1. The third-order valence-electron chi connectivity index (χ3n) is 4.21. The Kier molecular flexibility index (Phi) is 5.99. The number of nitrogens with zero attached hydrogens (tertiary/aromatic N) is 1. The van der Waals surface area contributed by atoms with Crippen molar-refractivity contribution < 1.29 is 23.0 Å². The number of nitrogens with two attached hydrogens (primary N) is 1. The molecule has 1 aromatic rings. The van der Waals surface area contributed by atoms with Gasteiger partial charge in [-0.1, -0.05) is 18.9 Å². The zero-order chi connectivity index (χ0) is 17.7. The average molecular weight is 342 g/mol. The van der Waals surface area contributed by atoms with Crippen molar-refractivity contribution in [3.8, 4) is 11.5 Å². The lowest BCUT2D eigenvalue weighted by molar-refractivity contribution is -0.136. The predicted molar refractivity (Wildman–Crippen MR) is 86.1 cm³/mol. The maximum Gasteiger partial charge on any atom is 0.387 e. The van der Waals surface area contributed by atoms with Crippen LogP contribution >= 0.6 is 0 Å². The molecule has 0 radical (unpaired) electrons. The molecule has 0 aliphatic heterocycles. The SMILES string of the molecule is CCOc1cc(CN(C)C(=O)C2(N)CCCC2)ccc1OC(F)F. The minimum Gasteiger partial charge on any atom is -0.490 e. The Hall–Kier alpha value is -1.89. The molecule has 0 atom stereocenters. The first-order valence-electron chi connectivity index (χ1n) is 8.10. The number of carbonyl (C=O) groups excluding carboxylic acids is 1. The largest absolute Gasteiger partial charge is 0.490 e. The summed E-state index contributed by atoms with van der Waals surface area (Å²) in [5.74, 6) is 0.126. The van der Waals surface area contributed by atoms with Gasteiger partial charge in [0.2, 0.25) is 5.91 Å². The minimum absolute atomic E-state index is 0.0179. The highest BCUT2D eigenvalue weighted by Gasteiger charge is 2.38. The molecule has 2 rings (SSSR count). The van der Waals surface area contributed by atoms with Crippen molar-refractivity contribution in [2.45, 2.75) is 51.3 Å². The zero-order valence-corrected chi connectivity index (χ0v) is 14.1. The summed E-state index contributed by atoms with van der Waals surface area (Å²) in [5.41, 5.74) is 6.17. The highest BCUT2D eigenvalue weighted by atomic mass is 19.3. The number of amides is 1. The van der Waals surface area contributed by atoms with Crippen molar-refractivity contribution in [3.63, 3.8) is 0 Å². The van der Waals surface area contributed by atoms with Crippen LogP contribution in [0.4, 0.5) is 8.78 Å². The van der Waals surface area contributed by atoms with Crippen molar-refractivity contribution in [2.24, 2.45) is 5.73 Å². The van der Waals surface area contributed by atoms with Crippen LogP contribution in [-0.4, -0.2) is 36.6 Å². The summed E-state index contributed by atoms with van der Waals surface area (Å²) >= 11 is 0. The first kappa shape index (κ1) is 18.4. The Morgan fingerprint density at radius 3 is 2.58 bits per heavy atom. The van der Waals surface area contributed by atoms with Crippen LogP contribution in [0.25, 0.3) is 0 Å². The summed E-state index contributed by atoms with van der Waals surface area (Å²) in [4.78, 5) is 14.1. The van der Waals surface area contributed by atoms with Crippen LogP contribution in [-0.2, 0) is 11.3 Å². The first-order chi connectivity index (χ1) is 11.4. The Balaban J connectivity index is 2.11. The molecule has 1 aliphatic rings. The van der Waals surface area contributed by atoms with E-state index in [4.69, 9.17) is 10.5 Å². The average Bonchev–Trinajstić information content (AvgIpc) is 2.97. The van der Waals surface area contributed by atoms with E-state index in [0.29, 0.717) is 26.0 Å². The lowest BCUT2D eigenvalue weighted by Crippen LogP contribution is -2.52. The van der Waals surface area contributed by atoms with Crippen molar-refractivity contribution >= 4 is 5.91 Å². The summed E-state index contributed by atoms with van der Waals surface area (Å²) in [7, 11) is 1.69. The van der Waals surface area contributed by atoms with Gasteiger partial charge < -0.3 is 20.1 Å². The molecule has 1 aliphatic carbocycles. The van der Waals surface area contributed by atoms with Gasteiger partial charge in [0, 0.05) is 13.6 Å². The van der Waals surface area contributed by atoms with Crippen LogP contribution in [0.2, 0.25) is 0 Å². The lowest BCUT2D eigenvalue weighted by atomic mass is 9.97. The van der Waals surface area contributed by atoms with Crippen LogP contribution in [0.5, 0.6) is 11.5 Å². The van der Waals surface area contributed by atoms with E-state index in [1.54, 1.807) is 31.0 Å². The van der Waals surface area contributed by atoms with E-state index in [1.165, 1.54) is 6.07 Å². The van der Waals surface area contributed by atoms with Gasteiger partial charge in [0.25, 0.3) is 0 Å². The van der Waals surface area contributed by atoms with Gasteiger partial charge in [0.1, 0.15) is 0 Å². The van der Waals surface area contributed by atoms with Crippen LogP contribution in [0, 0.1) is 0 Å². The predicted octanol–water partition coefficient (Wildman–Crippen LogP) is 2.92. The second-order valence-electron chi connectivity index (χ2n) is 6.12. The van der Waals surface area contributed by atoms with Gasteiger partial charge in [-0.15, -0.1) is 0 Å². The highest BCUT2D eigenvalue weighted by molar-refractivity contribution is 5.86. The van der Waals surface area contributed by atoms with Crippen LogP contribution < -0.4 is 15.2 Å². The molecule has 7 heteroatoms. The Bertz CT molecular complexity index is 575. The van der Waals surface area contributed by atoms with E-state index < -0.39 is 12.2 Å². The summed E-state index contributed by atoms with van der Waals surface area (Å²) in [5, 5.41) is 0. The molecule has 0 heterocycles. The molecule has 2 N–H and O–H groups in total. The van der Waals surface area contributed by atoms with Crippen LogP contribution in [0.3, 0.4) is 0 Å². The Labute approximate surface area is 140 Å². The highest BCUT2D eigenvalue weighted by Crippen LogP contribution is 2.32. The molecule has 1 amide bonds. The van der Waals surface area contributed by atoms with E-state index in [2.05, 4.69) is 4.74 Å². The molecule has 1 fully saturated rings. The van der Waals surface area contributed by atoms with Crippen LogP contribution in [0.1, 0.15) is 38.2 Å². The molecule has 0 unspecified atom stereocenters. The van der Waals surface area contributed by atoms with Gasteiger partial charge in [-0.2, -0.15) is 8.78 Å². The minimum atomic E-state index is -2.92. The Morgan fingerprint density at radius 1 is 1.33 bits per heavy atom. The van der Waals surface area contributed by atoms with E-state index in [0.717, 1.165) is 18.4 Å². The summed E-state index contributed by atoms with van der Waals surface area (Å²) in [6.45, 7) is -0.512. The smallest absolute Gasteiger partial charge is 0.387 e. The van der Waals surface area contributed by atoms with Crippen LogP contribution in [0.15, 0.2) is 18.2 Å². The zero-order valence-electron chi connectivity index (χ0n) is 14.1. The molecule has 5 nitrogen and oxygen atoms in total. The molecular formula is C17H24F2N2O3. The lowest BCUT2D eigenvalue weighted by Gasteiger charge is -2.29. The summed E-state index contributed by atoms with van der Waals surface area (Å²) in [6, 6.07) is 4.68. The summed E-state index contributed by atoms with van der Waals surface area (Å²) in [6.07, 6.45) is 3.32. The van der Waals surface area contributed by atoms with Gasteiger partial charge in [0.05, 0.1) is 12.1 Å². The van der Waals surface area contributed by atoms with Crippen molar-refractivity contribution in [3.05, 3.63) is 23.8 Å². The molecule has 1 saturated carbocycles. The summed E-state index contributed by atoms with van der Waals surface area (Å²) < 4.78 is 34.7. The van der Waals surface area contributed by atoms with E-state index in [-0.39, 0.29) is 17.4 Å². The number of alkyl halides is 2. The molecular weight excluding hydrogens is 318 g/mol. The monoisotopic (exact) mass is 342 g/mol. The van der Waals surface area contributed by atoms with Gasteiger partial charge in [-0.3, -0.25) is 4.79 Å². The third kappa shape index (κ3) is 4.35. The van der Waals surface area contributed by atoms with E-state index in [1.807, 2.05) is 0 Å². The van der Waals surface area contributed by atoms with Crippen molar-refractivity contribution in [1.29, 1.82) is 0 Å². The second kappa shape index (κ2) is 7.79. The standard InChI is InChI=1S/C17H24F2N2O3/c1-3-23-14-10-12(6-7-13(14)24-16(18)19)11-21(2)15(22)17(20)8-4-5-9-17/h6-7,10,16H,3-5,8-9,11,20H2,1-2H3. The van der Waals surface area contributed by atoms with Gasteiger partial charge in [0.15, 0.2) is 11.5 Å². The number of hydrogen-bond acceptors (Lipinski definition) is 4. The number of rotatable bonds is 7. The number of likely N-dealkylation sites (N-methyl/N-ethyl adjacent to an activating group) is 1. The molecule has 1 aromatic carbocycles.